The van der Waals surface area contributed by atoms with Gasteiger partial charge in [0.05, 0.1) is 11.3 Å². The van der Waals surface area contributed by atoms with Crippen molar-refractivity contribution in [3.63, 3.8) is 0 Å². The largest absolute Gasteiger partial charge is 0.481 e. The van der Waals surface area contributed by atoms with Crippen LogP contribution in [0, 0.1) is 10.1 Å². The average molecular weight is 279 g/mol. The minimum absolute atomic E-state index is 0.211. The Balaban J connectivity index is 2.94. The number of nitro groups is 1. The molecule has 1 N–H and O–H groups in total. The average Bonchev–Trinajstić information content (AvgIpc) is 2.38. The molecule has 1 aromatic carbocycles. The van der Waals surface area contributed by atoms with Gasteiger partial charge < -0.3 is 9.84 Å². The Morgan fingerprint density at radius 3 is 2.65 bits per heavy atom. The van der Waals surface area contributed by atoms with Crippen LogP contribution >= 0.6 is 0 Å². The quantitative estimate of drug-likeness (QED) is 0.370. The first-order valence-electron chi connectivity index (χ1n) is 5.74. The van der Waals surface area contributed by atoms with E-state index in [0.717, 1.165) is 0 Å². The van der Waals surface area contributed by atoms with Crippen LogP contribution in [0.15, 0.2) is 36.4 Å². The van der Waals surface area contributed by atoms with Gasteiger partial charge in [0, 0.05) is 6.07 Å². The number of nitrogens with zero attached hydrogens (tertiary/aromatic N) is 1. The summed E-state index contributed by atoms with van der Waals surface area (Å²) in [6, 6.07) is 5.33. The second kappa shape index (κ2) is 7.03. The molecule has 0 radical (unpaired) electrons. The lowest BCUT2D eigenvalue weighted by atomic mass is 10.1. The van der Waals surface area contributed by atoms with E-state index in [1.165, 1.54) is 30.3 Å². The second-order valence-corrected chi connectivity index (χ2v) is 3.84. The number of carbonyl (C=O) groups is 2. The van der Waals surface area contributed by atoms with Gasteiger partial charge in [-0.15, -0.1) is 0 Å². The molecule has 0 aliphatic carbocycles. The van der Waals surface area contributed by atoms with Crippen molar-refractivity contribution in [3.8, 4) is 0 Å². The predicted molar refractivity (Wildman–Crippen MR) is 69.4 cm³/mol. The third-order valence-electron chi connectivity index (χ3n) is 2.36. The maximum absolute atomic E-state index is 11.9. The van der Waals surface area contributed by atoms with Crippen LogP contribution < -0.4 is 0 Å². The SMILES string of the molecule is C/C=C/C(CC(=O)O)OC(=O)c1ccccc1[N+](=O)[O-]. The summed E-state index contributed by atoms with van der Waals surface area (Å²) in [5.41, 5.74) is -0.593. The van der Waals surface area contributed by atoms with Crippen LogP contribution in [0.1, 0.15) is 23.7 Å². The molecule has 7 nitrogen and oxygen atoms in total. The van der Waals surface area contributed by atoms with Gasteiger partial charge in [-0.2, -0.15) is 0 Å². The van der Waals surface area contributed by atoms with E-state index in [9.17, 15) is 19.7 Å². The molecule has 0 aliphatic rings. The fourth-order valence-corrected chi connectivity index (χ4v) is 1.54. The monoisotopic (exact) mass is 279 g/mol. The van der Waals surface area contributed by atoms with E-state index in [2.05, 4.69) is 0 Å². The summed E-state index contributed by atoms with van der Waals surface area (Å²) in [5, 5.41) is 19.5. The molecule has 0 aromatic heterocycles. The number of hydrogen-bond donors (Lipinski definition) is 1. The van der Waals surface area contributed by atoms with Crippen LogP contribution in [0.5, 0.6) is 0 Å². The van der Waals surface area contributed by atoms with Gasteiger partial charge in [0.15, 0.2) is 0 Å². The van der Waals surface area contributed by atoms with Crippen LogP contribution in [0.25, 0.3) is 0 Å². The third-order valence-corrected chi connectivity index (χ3v) is 2.36. The number of carboxylic acids is 1. The molecule has 0 saturated carbocycles. The molecule has 0 amide bonds. The summed E-state index contributed by atoms with van der Waals surface area (Å²) < 4.78 is 4.97. The fraction of sp³-hybridized carbons (Fsp3) is 0.231. The number of carbonyl (C=O) groups excluding carboxylic acids is 1. The first kappa shape index (κ1) is 15.4. The van der Waals surface area contributed by atoms with E-state index >= 15 is 0 Å². The van der Waals surface area contributed by atoms with Crippen molar-refractivity contribution in [2.75, 3.05) is 0 Å². The Bertz CT molecular complexity index is 552. The van der Waals surface area contributed by atoms with Crippen LogP contribution in [-0.4, -0.2) is 28.1 Å². The highest BCUT2D eigenvalue weighted by molar-refractivity contribution is 5.94. The Morgan fingerprint density at radius 2 is 2.10 bits per heavy atom. The Hall–Kier alpha value is -2.70. The first-order chi connectivity index (χ1) is 9.45. The van der Waals surface area contributed by atoms with Crippen molar-refractivity contribution >= 4 is 17.6 Å². The molecular weight excluding hydrogens is 266 g/mol. The Labute approximate surface area is 114 Å². The predicted octanol–water partition coefficient (Wildman–Crippen LogP) is 2.17. The smallest absolute Gasteiger partial charge is 0.345 e. The van der Waals surface area contributed by atoms with E-state index in [0.29, 0.717) is 0 Å². The number of hydrogen-bond acceptors (Lipinski definition) is 5. The van der Waals surface area contributed by atoms with Crippen LogP contribution in [-0.2, 0) is 9.53 Å². The minimum Gasteiger partial charge on any atom is -0.481 e. The van der Waals surface area contributed by atoms with E-state index in [1.807, 2.05) is 0 Å². The number of ether oxygens (including phenoxy) is 1. The summed E-state index contributed by atoms with van der Waals surface area (Å²) in [6.45, 7) is 1.65. The highest BCUT2D eigenvalue weighted by atomic mass is 16.6. The van der Waals surface area contributed by atoms with E-state index in [4.69, 9.17) is 9.84 Å². The highest BCUT2D eigenvalue weighted by Crippen LogP contribution is 2.19. The van der Waals surface area contributed by atoms with Gasteiger partial charge in [0.1, 0.15) is 11.7 Å². The number of carboxylic acid groups (broad SMARTS) is 1. The van der Waals surface area contributed by atoms with Crippen molar-refractivity contribution in [3.05, 3.63) is 52.1 Å². The molecule has 0 saturated heterocycles. The summed E-state index contributed by atoms with van der Waals surface area (Å²) in [7, 11) is 0. The number of benzene rings is 1. The number of nitro benzene ring substituents is 1. The minimum atomic E-state index is -1.14. The van der Waals surface area contributed by atoms with Gasteiger partial charge >= 0.3 is 11.9 Å². The highest BCUT2D eigenvalue weighted by Gasteiger charge is 2.23. The molecule has 0 bridgehead atoms. The molecule has 0 aliphatic heterocycles. The molecule has 0 fully saturated rings. The zero-order chi connectivity index (χ0) is 15.1. The van der Waals surface area contributed by atoms with E-state index < -0.39 is 29.4 Å². The standard InChI is InChI=1S/C13H13NO6/c1-2-5-9(8-12(15)16)20-13(17)10-6-3-4-7-11(10)14(18)19/h2-7,9H,8H2,1H3,(H,15,16)/b5-2+. The molecule has 1 aromatic rings. The topological polar surface area (TPSA) is 107 Å². The van der Waals surface area contributed by atoms with E-state index in [-0.39, 0.29) is 11.3 Å². The van der Waals surface area contributed by atoms with Gasteiger partial charge in [-0.3, -0.25) is 14.9 Å². The maximum atomic E-state index is 11.9. The maximum Gasteiger partial charge on any atom is 0.345 e. The van der Waals surface area contributed by atoms with Gasteiger partial charge in [0.2, 0.25) is 0 Å². The first-order valence-corrected chi connectivity index (χ1v) is 5.74. The molecule has 1 rings (SSSR count). The number of rotatable bonds is 6. The summed E-state index contributed by atoms with van der Waals surface area (Å²) in [5.74, 6) is -2.06. The van der Waals surface area contributed by atoms with Gasteiger partial charge in [-0.05, 0) is 19.1 Å². The number of para-hydroxylation sites is 1. The summed E-state index contributed by atoms with van der Waals surface area (Å²) in [4.78, 5) is 32.6. The molecule has 20 heavy (non-hydrogen) atoms. The molecule has 106 valence electrons. The lowest BCUT2D eigenvalue weighted by Crippen LogP contribution is -2.20. The normalized spacial score (nSPS) is 12.1. The Kier molecular flexibility index (Phi) is 5.40. The van der Waals surface area contributed by atoms with Crippen LogP contribution in [0.4, 0.5) is 5.69 Å². The summed E-state index contributed by atoms with van der Waals surface area (Å²) in [6.07, 6.45) is 1.57. The lowest BCUT2D eigenvalue weighted by Gasteiger charge is -2.12. The second-order valence-electron chi connectivity index (χ2n) is 3.84. The number of allylic oxidation sites excluding steroid dienone is 1. The molecule has 1 atom stereocenters. The molecular formula is C13H13NO6. The van der Waals surface area contributed by atoms with Crippen LogP contribution in [0.3, 0.4) is 0 Å². The van der Waals surface area contributed by atoms with Crippen LogP contribution in [0.2, 0.25) is 0 Å². The van der Waals surface area contributed by atoms with Crippen molar-refractivity contribution in [1.29, 1.82) is 0 Å². The van der Waals surface area contributed by atoms with Gasteiger partial charge in [-0.1, -0.05) is 18.2 Å². The zero-order valence-corrected chi connectivity index (χ0v) is 10.7. The third kappa shape index (κ3) is 4.20. The zero-order valence-electron chi connectivity index (χ0n) is 10.7. The van der Waals surface area contributed by atoms with Crippen molar-refractivity contribution in [2.24, 2.45) is 0 Å². The molecule has 7 heteroatoms. The van der Waals surface area contributed by atoms with E-state index in [1.54, 1.807) is 13.0 Å². The van der Waals surface area contributed by atoms with Gasteiger partial charge in [-0.25, -0.2) is 4.79 Å². The summed E-state index contributed by atoms with van der Waals surface area (Å²) >= 11 is 0. The molecule has 0 heterocycles. The molecule has 0 spiro atoms. The van der Waals surface area contributed by atoms with Crippen molar-refractivity contribution in [1.82, 2.24) is 0 Å². The van der Waals surface area contributed by atoms with Gasteiger partial charge in [0.25, 0.3) is 5.69 Å². The lowest BCUT2D eigenvalue weighted by molar-refractivity contribution is -0.385. The number of aliphatic carboxylic acids is 1. The Morgan fingerprint density at radius 1 is 1.45 bits per heavy atom. The fourth-order valence-electron chi connectivity index (χ4n) is 1.54. The number of esters is 1. The molecule has 1 unspecified atom stereocenters. The van der Waals surface area contributed by atoms with Crippen molar-refractivity contribution in [2.45, 2.75) is 19.4 Å². The van der Waals surface area contributed by atoms with Crippen molar-refractivity contribution < 1.29 is 24.4 Å².